The van der Waals surface area contributed by atoms with Gasteiger partial charge in [0, 0.05) is 19.9 Å². The Kier molecular flexibility index (Phi) is 9.86. The van der Waals surface area contributed by atoms with Gasteiger partial charge in [-0.1, -0.05) is 0 Å². The van der Waals surface area contributed by atoms with Gasteiger partial charge in [-0.3, -0.25) is 28.8 Å². The summed E-state index contributed by atoms with van der Waals surface area (Å²) in [7, 11) is 0. The minimum absolute atomic E-state index is 0.0757. The van der Waals surface area contributed by atoms with E-state index in [1.165, 1.54) is 18.7 Å². The lowest BCUT2D eigenvalue weighted by Crippen LogP contribution is -2.57. The van der Waals surface area contributed by atoms with Gasteiger partial charge >= 0.3 is 0 Å². The molecule has 0 spiro atoms. The molecule has 0 aromatic heterocycles. The molecule has 1 aliphatic rings. The predicted molar refractivity (Wildman–Crippen MR) is 107 cm³/mol. The van der Waals surface area contributed by atoms with Crippen LogP contribution in [0.3, 0.4) is 0 Å². The van der Waals surface area contributed by atoms with E-state index in [0.29, 0.717) is 12.8 Å². The molecular formula is C18H30N6O7. The number of rotatable bonds is 11. The van der Waals surface area contributed by atoms with Crippen molar-refractivity contribution < 1.29 is 33.9 Å². The van der Waals surface area contributed by atoms with Crippen LogP contribution in [0.15, 0.2) is 0 Å². The van der Waals surface area contributed by atoms with E-state index >= 15 is 0 Å². The molecule has 0 unspecified atom stereocenters. The molecule has 8 N–H and O–H groups in total. The van der Waals surface area contributed by atoms with E-state index in [-0.39, 0.29) is 19.4 Å². The van der Waals surface area contributed by atoms with Crippen LogP contribution < -0.4 is 27.4 Å². The van der Waals surface area contributed by atoms with Gasteiger partial charge in [0.25, 0.3) is 0 Å². The summed E-state index contributed by atoms with van der Waals surface area (Å²) >= 11 is 0. The van der Waals surface area contributed by atoms with Crippen LogP contribution >= 0.6 is 0 Å². The molecule has 4 atom stereocenters. The molecule has 1 fully saturated rings. The number of nitrogens with one attached hydrogen (secondary N) is 3. The van der Waals surface area contributed by atoms with Gasteiger partial charge in [0.05, 0.1) is 6.61 Å². The van der Waals surface area contributed by atoms with Crippen LogP contribution in [0.2, 0.25) is 0 Å². The zero-order valence-electron chi connectivity index (χ0n) is 17.6. The highest BCUT2D eigenvalue weighted by atomic mass is 16.3. The summed E-state index contributed by atoms with van der Waals surface area (Å²) < 4.78 is 0. The normalized spacial score (nSPS) is 18.4. The third-order valence-corrected chi connectivity index (χ3v) is 4.79. The van der Waals surface area contributed by atoms with Gasteiger partial charge in [-0.15, -0.1) is 0 Å². The maximum atomic E-state index is 12.7. The van der Waals surface area contributed by atoms with Crippen molar-refractivity contribution in [3.05, 3.63) is 0 Å². The Morgan fingerprint density at radius 3 is 2.23 bits per heavy atom. The summed E-state index contributed by atoms with van der Waals surface area (Å²) in [5, 5.41) is 16.5. The van der Waals surface area contributed by atoms with E-state index in [2.05, 4.69) is 16.0 Å². The average Bonchev–Trinajstić information content (AvgIpc) is 3.17. The van der Waals surface area contributed by atoms with Gasteiger partial charge in [0.1, 0.15) is 24.2 Å². The highest BCUT2D eigenvalue weighted by Gasteiger charge is 2.38. The van der Waals surface area contributed by atoms with E-state index in [1.807, 2.05) is 0 Å². The first-order chi connectivity index (χ1) is 14.5. The van der Waals surface area contributed by atoms with Crippen LogP contribution in [0.5, 0.6) is 0 Å². The summed E-state index contributed by atoms with van der Waals surface area (Å²) in [6, 6.07) is -4.25. The number of hydrogen-bond donors (Lipinski definition) is 6. The third kappa shape index (κ3) is 7.85. The van der Waals surface area contributed by atoms with Crippen molar-refractivity contribution >= 4 is 35.4 Å². The number of carbonyl (C=O) groups is 6. The van der Waals surface area contributed by atoms with E-state index in [1.54, 1.807) is 0 Å². The number of nitrogens with zero attached hydrogens (tertiary/aromatic N) is 1. The fraction of sp³-hybridized carbons (Fsp3) is 0.667. The van der Waals surface area contributed by atoms with Gasteiger partial charge in [0.2, 0.25) is 35.4 Å². The number of hydrogen-bond acceptors (Lipinski definition) is 7. The number of aliphatic hydroxyl groups is 1. The maximum Gasteiger partial charge on any atom is 0.248 e. The van der Waals surface area contributed by atoms with Crippen LogP contribution in [0.1, 0.15) is 39.5 Å². The first-order valence-corrected chi connectivity index (χ1v) is 9.84. The van der Waals surface area contributed by atoms with Crippen LogP contribution in [-0.2, 0) is 28.8 Å². The largest absolute Gasteiger partial charge is 0.394 e. The summed E-state index contributed by atoms with van der Waals surface area (Å²) in [6.07, 6.45) is 0.633. The van der Waals surface area contributed by atoms with E-state index in [9.17, 15) is 33.9 Å². The molecule has 0 aromatic rings. The average molecular weight is 442 g/mol. The molecule has 174 valence electrons. The van der Waals surface area contributed by atoms with Crippen molar-refractivity contribution in [3.8, 4) is 0 Å². The molecule has 6 amide bonds. The molecule has 1 heterocycles. The summed E-state index contributed by atoms with van der Waals surface area (Å²) in [5.74, 6) is -3.92. The third-order valence-electron chi connectivity index (χ3n) is 4.79. The van der Waals surface area contributed by atoms with Gasteiger partial charge in [0.15, 0.2) is 0 Å². The van der Waals surface area contributed by atoms with Crippen molar-refractivity contribution in [2.24, 2.45) is 11.5 Å². The zero-order chi connectivity index (χ0) is 23.7. The molecule has 0 aromatic carbocycles. The van der Waals surface area contributed by atoms with E-state index < -0.39 is 66.2 Å². The number of aliphatic hydroxyl groups excluding tert-OH is 1. The van der Waals surface area contributed by atoms with Crippen LogP contribution in [0.4, 0.5) is 0 Å². The Morgan fingerprint density at radius 2 is 1.71 bits per heavy atom. The maximum absolute atomic E-state index is 12.7. The fourth-order valence-corrected chi connectivity index (χ4v) is 3.18. The molecule has 31 heavy (non-hydrogen) atoms. The Bertz CT molecular complexity index is 728. The molecule has 13 nitrogen and oxygen atoms in total. The standard InChI is InChI=1S/C18H30N6O7/c1-9(16(29)23-11(15(20)28)5-6-14(19)27)21-17(30)13-4-3-7-24(13)18(31)12(8-25)22-10(2)26/h9,11-13,25H,3-8H2,1-2H3,(H2,19,27)(H2,20,28)(H,21,30)(H,22,26)(H,23,29)/t9-,11-,12-,13-/m0/s1. The summed E-state index contributed by atoms with van der Waals surface area (Å²) in [5.41, 5.74) is 10.2. The molecule has 0 saturated carbocycles. The number of nitrogens with two attached hydrogens (primary N) is 2. The Balaban J connectivity index is 2.73. The van der Waals surface area contributed by atoms with Crippen molar-refractivity contribution in [2.75, 3.05) is 13.2 Å². The van der Waals surface area contributed by atoms with E-state index in [0.717, 1.165) is 0 Å². The van der Waals surface area contributed by atoms with Gasteiger partial charge in [-0.2, -0.15) is 0 Å². The minimum Gasteiger partial charge on any atom is -0.394 e. The second-order valence-electron chi connectivity index (χ2n) is 7.32. The topological polar surface area (TPSA) is 214 Å². The Hall–Kier alpha value is -3.22. The quantitative estimate of drug-likeness (QED) is 0.187. The summed E-state index contributed by atoms with van der Waals surface area (Å²) in [4.78, 5) is 72.4. The van der Waals surface area contributed by atoms with Gasteiger partial charge in [-0.25, -0.2) is 0 Å². The molecule has 0 radical (unpaired) electrons. The Morgan fingerprint density at radius 1 is 1.06 bits per heavy atom. The lowest BCUT2D eigenvalue weighted by molar-refractivity contribution is -0.142. The number of primary amides is 2. The molecule has 0 bridgehead atoms. The lowest BCUT2D eigenvalue weighted by Gasteiger charge is -2.28. The van der Waals surface area contributed by atoms with Crippen molar-refractivity contribution in [2.45, 2.75) is 63.7 Å². The Labute approximate surface area is 179 Å². The number of carbonyl (C=O) groups excluding carboxylic acids is 6. The lowest BCUT2D eigenvalue weighted by atomic mass is 10.1. The van der Waals surface area contributed by atoms with Gasteiger partial charge < -0.3 is 37.4 Å². The van der Waals surface area contributed by atoms with Crippen molar-refractivity contribution in [1.29, 1.82) is 0 Å². The number of likely N-dealkylation sites (tertiary alicyclic amines) is 1. The minimum atomic E-state index is -1.17. The SMILES string of the molecule is CC(=O)N[C@@H](CO)C(=O)N1CCC[C@H]1C(=O)N[C@@H](C)C(=O)N[C@@H](CCC(N)=O)C(N)=O. The smallest absolute Gasteiger partial charge is 0.248 e. The molecule has 0 aliphatic carbocycles. The second-order valence-corrected chi connectivity index (χ2v) is 7.32. The fourth-order valence-electron chi connectivity index (χ4n) is 3.18. The molecular weight excluding hydrogens is 412 g/mol. The molecule has 1 saturated heterocycles. The molecule has 13 heteroatoms. The first-order valence-electron chi connectivity index (χ1n) is 9.84. The van der Waals surface area contributed by atoms with Crippen molar-refractivity contribution in [3.63, 3.8) is 0 Å². The first kappa shape index (κ1) is 25.8. The highest BCUT2D eigenvalue weighted by molar-refractivity contribution is 5.95. The summed E-state index contributed by atoms with van der Waals surface area (Å²) in [6.45, 7) is 2.22. The van der Waals surface area contributed by atoms with Gasteiger partial charge in [-0.05, 0) is 26.2 Å². The highest BCUT2D eigenvalue weighted by Crippen LogP contribution is 2.19. The zero-order valence-corrected chi connectivity index (χ0v) is 17.6. The predicted octanol–water partition coefficient (Wildman–Crippen LogP) is -3.79. The van der Waals surface area contributed by atoms with Crippen LogP contribution in [0, 0.1) is 0 Å². The monoisotopic (exact) mass is 442 g/mol. The van der Waals surface area contributed by atoms with Crippen molar-refractivity contribution in [1.82, 2.24) is 20.9 Å². The van der Waals surface area contributed by atoms with Crippen LogP contribution in [0.25, 0.3) is 0 Å². The van der Waals surface area contributed by atoms with E-state index in [4.69, 9.17) is 11.5 Å². The van der Waals surface area contributed by atoms with Crippen LogP contribution in [-0.4, -0.2) is 82.8 Å². The second kappa shape index (κ2) is 11.8. The molecule has 1 aliphatic heterocycles. The molecule has 1 rings (SSSR count). The number of amides is 6.